The Morgan fingerprint density at radius 1 is 1.20 bits per heavy atom. The number of aliphatic hydroxyl groups is 1. The summed E-state index contributed by atoms with van der Waals surface area (Å²) in [4.78, 5) is 16.8. The molecule has 0 unspecified atom stereocenters. The minimum Gasteiger partial charge on any atom is -0.395 e. The van der Waals surface area contributed by atoms with E-state index in [1.165, 1.54) is 0 Å². The van der Waals surface area contributed by atoms with Gasteiger partial charge in [0.1, 0.15) is 0 Å². The Morgan fingerprint density at radius 2 is 2.00 bits per heavy atom. The zero-order chi connectivity index (χ0) is 14.4. The van der Waals surface area contributed by atoms with Crippen LogP contribution in [0.3, 0.4) is 0 Å². The second-order valence-electron chi connectivity index (χ2n) is 5.22. The minimum atomic E-state index is 0.147. The maximum absolute atomic E-state index is 12.7. The molecule has 110 valence electrons. The first-order valence-electron chi connectivity index (χ1n) is 7.46. The fraction of sp³-hybridized carbons (Fsp3) is 0.562. The van der Waals surface area contributed by atoms with Crippen LogP contribution < -0.4 is 0 Å². The van der Waals surface area contributed by atoms with Crippen LogP contribution in [0, 0.1) is 0 Å². The highest BCUT2D eigenvalue weighted by atomic mass is 16.3. The van der Waals surface area contributed by atoms with Gasteiger partial charge in [-0.1, -0.05) is 25.1 Å². The number of aliphatic hydroxyl groups excluding tert-OH is 1. The number of aryl methyl sites for hydroxylation is 1. The summed E-state index contributed by atoms with van der Waals surface area (Å²) in [6, 6.07) is 7.88. The lowest BCUT2D eigenvalue weighted by atomic mass is 10.0. The zero-order valence-corrected chi connectivity index (χ0v) is 12.2. The van der Waals surface area contributed by atoms with Crippen molar-refractivity contribution in [2.24, 2.45) is 0 Å². The Labute approximate surface area is 121 Å². The molecule has 1 amide bonds. The third-order valence-corrected chi connectivity index (χ3v) is 3.92. The Hall–Kier alpha value is -1.39. The maximum atomic E-state index is 12.7. The van der Waals surface area contributed by atoms with Crippen molar-refractivity contribution in [3.63, 3.8) is 0 Å². The lowest BCUT2D eigenvalue weighted by molar-refractivity contribution is 0.0759. The highest BCUT2D eigenvalue weighted by Crippen LogP contribution is 2.14. The molecule has 0 spiro atoms. The summed E-state index contributed by atoms with van der Waals surface area (Å²) in [5.41, 5.74) is 1.96. The third kappa shape index (κ3) is 3.58. The molecule has 1 fully saturated rings. The van der Waals surface area contributed by atoms with Gasteiger partial charge < -0.3 is 10.0 Å². The topological polar surface area (TPSA) is 43.8 Å². The Morgan fingerprint density at radius 3 is 2.75 bits per heavy atom. The van der Waals surface area contributed by atoms with E-state index in [-0.39, 0.29) is 12.5 Å². The van der Waals surface area contributed by atoms with E-state index in [2.05, 4.69) is 11.8 Å². The van der Waals surface area contributed by atoms with Crippen LogP contribution in [-0.4, -0.2) is 60.1 Å². The number of β-amino-alcohol motifs (C(OH)–C–C–N with tert-alkyl or cyclic N) is 1. The number of nitrogens with zero attached hydrogens (tertiary/aromatic N) is 2. The molecule has 1 N–H and O–H groups in total. The molecule has 1 aromatic carbocycles. The average molecular weight is 276 g/mol. The van der Waals surface area contributed by atoms with Crippen molar-refractivity contribution in [3.05, 3.63) is 35.4 Å². The first-order valence-corrected chi connectivity index (χ1v) is 7.46. The summed E-state index contributed by atoms with van der Waals surface area (Å²) in [5.74, 6) is 0.147. The SMILES string of the molecule is CCc1ccccc1C(=O)N1CCCN(CCO)CC1. The molecule has 1 saturated heterocycles. The summed E-state index contributed by atoms with van der Waals surface area (Å²) in [5, 5.41) is 9.01. The zero-order valence-electron chi connectivity index (χ0n) is 12.2. The summed E-state index contributed by atoms with van der Waals surface area (Å²) in [6.45, 7) is 6.33. The number of benzene rings is 1. The molecule has 0 aromatic heterocycles. The van der Waals surface area contributed by atoms with Crippen molar-refractivity contribution >= 4 is 5.91 Å². The number of hydrogen-bond donors (Lipinski definition) is 1. The number of carbonyl (C=O) groups excluding carboxylic acids is 1. The lowest BCUT2D eigenvalue weighted by Crippen LogP contribution is -2.36. The molecule has 20 heavy (non-hydrogen) atoms. The van der Waals surface area contributed by atoms with E-state index >= 15 is 0 Å². The fourth-order valence-electron chi connectivity index (χ4n) is 2.75. The van der Waals surface area contributed by atoms with Crippen LogP contribution in [0.15, 0.2) is 24.3 Å². The van der Waals surface area contributed by atoms with Crippen molar-refractivity contribution in [3.8, 4) is 0 Å². The fourth-order valence-corrected chi connectivity index (χ4v) is 2.75. The molecule has 0 radical (unpaired) electrons. The Bertz CT molecular complexity index is 448. The van der Waals surface area contributed by atoms with Crippen LogP contribution in [0.5, 0.6) is 0 Å². The van der Waals surface area contributed by atoms with Crippen LogP contribution in [0.25, 0.3) is 0 Å². The standard InChI is InChI=1S/C16H24N2O2/c1-2-14-6-3-4-7-15(14)16(20)18-9-5-8-17(10-11-18)12-13-19/h3-4,6-7,19H,2,5,8-13H2,1H3. The van der Waals surface area contributed by atoms with Crippen LogP contribution >= 0.6 is 0 Å². The predicted octanol–water partition coefficient (Wildman–Crippen LogP) is 1.39. The van der Waals surface area contributed by atoms with Crippen molar-refractivity contribution in [2.45, 2.75) is 19.8 Å². The first kappa shape index (κ1) is 15.0. The van der Waals surface area contributed by atoms with E-state index in [0.717, 1.165) is 50.1 Å². The van der Waals surface area contributed by atoms with E-state index in [1.54, 1.807) is 0 Å². The van der Waals surface area contributed by atoms with E-state index < -0.39 is 0 Å². The van der Waals surface area contributed by atoms with Gasteiger partial charge in [-0.2, -0.15) is 0 Å². The maximum Gasteiger partial charge on any atom is 0.254 e. The van der Waals surface area contributed by atoms with Gasteiger partial charge >= 0.3 is 0 Å². The Balaban J connectivity index is 2.05. The van der Waals surface area contributed by atoms with Gasteiger partial charge in [-0.3, -0.25) is 9.69 Å². The predicted molar refractivity (Wildman–Crippen MR) is 79.9 cm³/mol. The van der Waals surface area contributed by atoms with Crippen molar-refractivity contribution < 1.29 is 9.90 Å². The van der Waals surface area contributed by atoms with Crippen molar-refractivity contribution in [1.82, 2.24) is 9.80 Å². The van der Waals surface area contributed by atoms with Gasteiger partial charge in [0.2, 0.25) is 0 Å². The highest BCUT2D eigenvalue weighted by Gasteiger charge is 2.21. The van der Waals surface area contributed by atoms with Gasteiger partial charge in [0.25, 0.3) is 5.91 Å². The molecule has 4 heteroatoms. The molecule has 2 rings (SSSR count). The third-order valence-electron chi connectivity index (χ3n) is 3.92. The van der Waals surface area contributed by atoms with Gasteiger partial charge in [-0.05, 0) is 31.0 Å². The largest absolute Gasteiger partial charge is 0.395 e. The monoisotopic (exact) mass is 276 g/mol. The lowest BCUT2D eigenvalue weighted by Gasteiger charge is -2.22. The number of hydrogen-bond acceptors (Lipinski definition) is 3. The Kier molecular flexibility index (Phi) is 5.56. The smallest absolute Gasteiger partial charge is 0.254 e. The second-order valence-corrected chi connectivity index (χ2v) is 5.22. The van der Waals surface area contributed by atoms with Gasteiger partial charge in [0.15, 0.2) is 0 Å². The van der Waals surface area contributed by atoms with Gasteiger partial charge in [0, 0.05) is 31.7 Å². The molecule has 1 aromatic rings. The molecule has 0 atom stereocenters. The van der Waals surface area contributed by atoms with E-state index in [4.69, 9.17) is 5.11 Å². The first-order chi connectivity index (χ1) is 9.76. The number of amides is 1. The van der Waals surface area contributed by atoms with Crippen molar-refractivity contribution in [1.29, 1.82) is 0 Å². The van der Waals surface area contributed by atoms with Crippen LogP contribution in [0.4, 0.5) is 0 Å². The number of carbonyl (C=O) groups is 1. The quantitative estimate of drug-likeness (QED) is 0.904. The van der Waals surface area contributed by atoms with E-state index in [0.29, 0.717) is 6.54 Å². The molecule has 0 saturated carbocycles. The number of rotatable bonds is 4. The van der Waals surface area contributed by atoms with Crippen LogP contribution in [-0.2, 0) is 6.42 Å². The molecular weight excluding hydrogens is 252 g/mol. The molecule has 0 aliphatic carbocycles. The summed E-state index contributed by atoms with van der Waals surface area (Å²) < 4.78 is 0. The van der Waals surface area contributed by atoms with Crippen LogP contribution in [0.2, 0.25) is 0 Å². The summed E-state index contributed by atoms with van der Waals surface area (Å²) >= 11 is 0. The van der Waals surface area contributed by atoms with E-state index in [9.17, 15) is 4.79 Å². The second kappa shape index (κ2) is 7.41. The molecule has 1 heterocycles. The average Bonchev–Trinajstić information content (AvgIpc) is 2.72. The van der Waals surface area contributed by atoms with Gasteiger partial charge in [0.05, 0.1) is 6.61 Å². The molecule has 1 aliphatic heterocycles. The molecule has 0 bridgehead atoms. The summed E-state index contributed by atoms with van der Waals surface area (Å²) in [7, 11) is 0. The van der Waals surface area contributed by atoms with Crippen molar-refractivity contribution in [2.75, 3.05) is 39.3 Å². The molecular formula is C16H24N2O2. The van der Waals surface area contributed by atoms with Crippen LogP contribution in [0.1, 0.15) is 29.3 Å². The van der Waals surface area contributed by atoms with E-state index in [1.807, 2.05) is 29.2 Å². The summed E-state index contributed by atoms with van der Waals surface area (Å²) in [6.07, 6.45) is 1.85. The van der Waals surface area contributed by atoms with Gasteiger partial charge in [-0.15, -0.1) is 0 Å². The normalized spacial score (nSPS) is 17.0. The molecule has 4 nitrogen and oxygen atoms in total. The molecule has 1 aliphatic rings. The van der Waals surface area contributed by atoms with Gasteiger partial charge in [-0.25, -0.2) is 0 Å². The highest BCUT2D eigenvalue weighted by molar-refractivity contribution is 5.95. The minimum absolute atomic E-state index is 0.147.